The van der Waals surface area contributed by atoms with Crippen LogP contribution in [0.25, 0.3) is 6.08 Å². The van der Waals surface area contributed by atoms with Crippen LogP contribution in [0.5, 0.6) is 5.75 Å². The van der Waals surface area contributed by atoms with E-state index in [2.05, 4.69) is 54.9 Å². The fourth-order valence-electron chi connectivity index (χ4n) is 4.25. The van der Waals surface area contributed by atoms with Gasteiger partial charge in [-0.05, 0) is 23.8 Å². The number of carbonyl (C=O) groups excluding carboxylic acids is 1. The summed E-state index contributed by atoms with van der Waals surface area (Å²) < 4.78 is 5.78. The summed E-state index contributed by atoms with van der Waals surface area (Å²) in [5.74, 6) is 0.840. The Labute approximate surface area is 160 Å². The molecule has 1 fully saturated rings. The van der Waals surface area contributed by atoms with Crippen LogP contribution in [-0.4, -0.2) is 24.7 Å². The molecule has 2 aromatic rings. The number of anilines is 1. The number of carbonyl (C=O) groups is 1. The average Bonchev–Trinajstić information content (AvgIpc) is 3.10. The highest BCUT2D eigenvalue weighted by Crippen LogP contribution is 2.52. The molecule has 0 aromatic heterocycles. The van der Waals surface area contributed by atoms with Gasteiger partial charge in [0.25, 0.3) is 0 Å². The van der Waals surface area contributed by atoms with Crippen LogP contribution in [-0.2, 0) is 10.2 Å². The monoisotopic (exact) mass is 360 g/mol. The summed E-state index contributed by atoms with van der Waals surface area (Å²) in [6.07, 6.45) is 5.88. The molecule has 1 unspecified atom stereocenters. The van der Waals surface area contributed by atoms with Crippen molar-refractivity contribution in [1.29, 1.82) is 0 Å². The van der Waals surface area contributed by atoms with Crippen LogP contribution in [0.1, 0.15) is 25.0 Å². The molecule has 0 aliphatic carbocycles. The van der Waals surface area contributed by atoms with Gasteiger partial charge in [0.1, 0.15) is 18.0 Å². The minimum absolute atomic E-state index is 0.0402. The Balaban J connectivity index is 1.78. The van der Waals surface area contributed by atoms with Gasteiger partial charge in [-0.25, -0.2) is 0 Å². The molecule has 4 rings (SSSR count). The highest BCUT2D eigenvalue weighted by molar-refractivity contribution is 5.91. The third-order valence-corrected chi connectivity index (χ3v) is 5.66. The second-order valence-corrected chi connectivity index (χ2v) is 7.51. The zero-order chi connectivity index (χ0) is 19.1. The van der Waals surface area contributed by atoms with Gasteiger partial charge in [-0.15, -0.1) is 0 Å². The van der Waals surface area contributed by atoms with Gasteiger partial charge in [0.05, 0.1) is 6.54 Å². The fraction of sp³-hybridized carbons (Fsp3) is 0.261. The van der Waals surface area contributed by atoms with E-state index in [1.807, 2.05) is 36.4 Å². The Morgan fingerprint density at radius 3 is 2.74 bits per heavy atom. The van der Waals surface area contributed by atoms with Crippen molar-refractivity contribution in [2.45, 2.75) is 24.9 Å². The molecule has 1 N–H and O–H groups in total. The summed E-state index contributed by atoms with van der Waals surface area (Å²) in [4.78, 5) is 14.5. The first-order valence-corrected chi connectivity index (χ1v) is 9.20. The van der Waals surface area contributed by atoms with Crippen LogP contribution in [0.3, 0.4) is 0 Å². The maximum atomic E-state index is 12.4. The summed E-state index contributed by atoms with van der Waals surface area (Å²) in [5.41, 5.74) is 2.46. The zero-order valence-corrected chi connectivity index (χ0v) is 15.7. The molecule has 27 heavy (non-hydrogen) atoms. The van der Waals surface area contributed by atoms with E-state index < -0.39 is 5.66 Å². The maximum Gasteiger partial charge on any atom is 0.241 e. The lowest BCUT2D eigenvalue weighted by Crippen LogP contribution is -2.58. The SMILES string of the molecule is C=CCOc1ccccc1C=CC12NC(=O)CN1c1ccccc1C2(C)C. The molecule has 4 nitrogen and oxygen atoms in total. The fourth-order valence-corrected chi connectivity index (χ4v) is 4.25. The van der Waals surface area contributed by atoms with Gasteiger partial charge < -0.3 is 15.0 Å². The smallest absolute Gasteiger partial charge is 0.241 e. The number of benzene rings is 2. The molecule has 1 saturated heterocycles. The number of hydrogen-bond acceptors (Lipinski definition) is 3. The summed E-state index contributed by atoms with van der Waals surface area (Å²) in [7, 11) is 0. The largest absolute Gasteiger partial charge is 0.489 e. The normalized spacial score (nSPS) is 22.4. The first kappa shape index (κ1) is 17.4. The van der Waals surface area contributed by atoms with Crippen molar-refractivity contribution in [2.24, 2.45) is 0 Å². The Bertz CT molecular complexity index is 931. The van der Waals surface area contributed by atoms with E-state index in [0.717, 1.165) is 17.0 Å². The second kappa shape index (κ2) is 6.31. The van der Waals surface area contributed by atoms with Crippen LogP contribution in [0.4, 0.5) is 5.69 Å². The zero-order valence-electron chi connectivity index (χ0n) is 15.7. The van der Waals surface area contributed by atoms with Crippen molar-refractivity contribution in [3.63, 3.8) is 0 Å². The Morgan fingerprint density at radius 1 is 1.19 bits per heavy atom. The quantitative estimate of drug-likeness (QED) is 0.823. The van der Waals surface area contributed by atoms with Gasteiger partial charge in [0.15, 0.2) is 0 Å². The first-order chi connectivity index (χ1) is 13.0. The van der Waals surface area contributed by atoms with Crippen molar-refractivity contribution in [2.75, 3.05) is 18.1 Å². The number of nitrogens with one attached hydrogen (secondary N) is 1. The van der Waals surface area contributed by atoms with Crippen LogP contribution in [0.15, 0.2) is 67.3 Å². The van der Waals surface area contributed by atoms with E-state index in [-0.39, 0.29) is 11.3 Å². The van der Waals surface area contributed by atoms with E-state index in [4.69, 9.17) is 4.74 Å². The van der Waals surface area contributed by atoms with Gasteiger partial charge in [0, 0.05) is 16.7 Å². The lowest BCUT2D eigenvalue weighted by atomic mass is 9.75. The Morgan fingerprint density at radius 2 is 1.93 bits per heavy atom. The predicted molar refractivity (Wildman–Crippen MR) is 109 cm³/mol. The van der Waals surface area contributed by atoms with Crippen molar-refractivity contribution in [1.82, 2.24) is 5.32 Å². The minimum atomic E-state index is -0.598. The number of para-hydroxylation sites is 2. The molecule has 4 heteroatoms. The lowest BCUT2D eigenvalue weighted by molar-refractivity contribution is -0.118. The molecule has 2 heterocycles. The summed E-state index contributed by atoms with van der Waals surface area (Å²) in [6, 6.07) is 16.2. The van der Waals surface area contributed by atoms with Crippen LogP contribution >= 0.6 is 0 Å². The molecular weight excluding hydrogens is 336 g/mol. The number of rotatable bonds is 5. The maximum absolute atomic E-state index is 12.4. The summed E-state index contributed by atoms with van der Waals surface area (Å²) in [5, 5.41) is 3.24. The number of ether oxygens (including phenoxy) is 1. The predicted octanol–water partition coefficient (Wildman–Crippen LogP) is 3.89. The van der Waals surface area contributed by atoms with Gasteiger partial charge in [-0.2, -0.15) is 0 Å². The minimum Gasteiger partial charge on any atom is -0.489 e. The Kier molecular flexibility index (Phi) is 4.06. The molecule has 0 spiro atoms. The third kappa shape index (κ3) is 2.55. The van der Waals surface area contributed by atoms with Crippen LogP contribution in [0, 0.1) is 0 Å². The van der Waals surface area contributed by atoms with Gasteiger partial charge >= 0.3 is 0 Å². The molecule has 1 amide bonds. The van der Waals surface area contributed by atoms with Crippen LogP contribution < -0.4 is 15.0 Å². The molecule has 1 atom stereocenters. The lowest BCUT2D eigenvalue weighted by Gasteiger charge is -2.40. The molecule has 138 valence electrons. The highest BCUT2D eigenvalue weighted by atomic mass is 16.5. The first-order valence-electron chi connectivity index (χ1n) is 9.20. The number of amides is 1. The molecule has 0 bridgehead atoms. The molecule has 2 aromatic carbocycles. The second-order valence-electron chi connectivity index (χ2n) is 7.51. The Hall–Kier alpha value is -3.01. The molecule has 0 saturated carbocycles. The van der Waals surface area contributed by atoms with E-state index in [0.29, 0.717) is 13.2 Å². The number of fused-ring (bicyclic) bond motifs is 3. The topological polar surface area (TPSA) is 41.6 Å². The molecular formula is C23H24N2O2. The van der Waals surface area contributed by atoms with Crippen molar-refractivity contribution >= 4 is 17.7 Å². The van der Waals surface area contributed by atoms with Gasteiger partial charge in [-0.3, -0.25) is 4.79 Å². The van der Waals surface area contributed by atoms with E-state index in [1.54, 1.807) is 6.08 Å². The van der Waals surface area contributed by atoms with Crippen molar-refractivity contribution in [3.05, 3.63) is 78.4 Å². The van der Waals surface area contributed by atoms with E-state index in [9.17, 15) is 4.79 Å². The molecule has 2 aliphatic heterocycles. The highest BCUT2D eigenvalue weighted by Gasteiger charge is 2.59. The molecule has 2 aliphatic rings. The van der Waals surface area contributed by atoms with Gasteiger partial charge in [0.2, 0.25) is 5.91 Å². The third-order valence-electron chi connectivity index (χ3n) is 5.66. The van der Waals surface area contributed by atoms with Crippen molar-refractivity contribution in [3.8, 4) is 5.75 Å². The number of hydrogen-bond donors (Lipinski definition) is 1. The summed E-state index contributed by atoms with van der Waals surface area (Å²) >= 11 is 0. The van der Waals surface area contributed by atoms with Crippen LogP contribution in [0.2, 0.25) is 0 Å². The van der Waals surface area contributed by atoms with E-state index in [1.165, 1.54) is 5.56 Å². The number of nitrogens with zero attached hydrogens (tertiary/aromatic N) is 1. The molecule has 0 radical (unpaired) electrons. The van der Waals surface area contributed by atoms with Crippen molar-refractivity contribution < 1.29 is 9.53 Å². The standard InChI is InChI=1S/C23H24N2O2/c1-4-15-27-20-12-8-5-9-17(20)13-14-23-22(2,3)18-10-6-7-11-19(18)25(23)16-21(26)24-23/h4-14H,1,15-16H2,2-3H3,(H,24,26). The van der Waals surface area contributed by atoms with Gasteiger partial charge in [-0.1, -0.05) is 69.0 Å². The van der Waals surface area contributed by atoms with E-state index >= 15 is 0 Å². The summed E-state index contributed by atoms with van der Waals surface area (Å²) in [6.45, 7) is 8.89. The average molecular weight is 360 g/mol.